The highest BCUT2D eigenvalue weighted by Gasteiger charge is 2.25. The second kappa shape index (κ2) is 5.51. The first-order valence-corrected chi connectivity index (χ1v) is 6.07. The largest absolute Gasteiger partial charge is 0.329 e. The Morgan fingerprint density at radius 2 is 2.00 bits per heavy atom. The number of aromatic nitrogens is 2. The molecule has 0 bridgehead atoms. The Labute approximate surface area is 101 Å². The fourth-order valence-corrected chi connectivity index (χ4v) is 2.25. The highest BCUT2D eigenvalue weighted by atomic mass is 19.1. The second-order valence-electron chi connectivity index (χ2n) is 4.53. The minimum atomic E-state index is -0.654. The van der Waals surface area contributed by atoms with Crippen LogP contribution in [0.25, 0.3) is 0 Å². The molecule has 5 heteroatoms. The summed E-state index contributed by atoms with van der Waals surface area (Å²) in [6.07, 6.45) is 4.19. The summed E-state index contributed by atoms with van der Waals surface area (Å²) in [5.41, 5.74) is 6.84. The Balaban J connectivity index is 2.08. The molecule has 17 heavy (non-hydrogen) atoms. The average molecular weight is 238 g/mol. The molecule has 1 aliphatic heterocycles. The zero-order chi connectivity index (χ0) is 12.3. The topological polar surface area (TPSA) is 55.0 Å². The molecule has 0 amide bonds. The number of rotatable bonds is 3. The Morgan fingerprint density at radius 3 is 2.53 bits per heavy atom. The number of likely N-dealkylation sites (tertiary alicyclic amines) is 1. The number of hydrogen-bond donors (Lipinski definition) is 1. The molecule has 0 radical (unpaired) electrons. The summed E-state index contributed by atoms with van der Waals surface area (Å²) in [4.78, 5) is 10.6. The van der Waals surface area contributed by atoms with Crippen LogP contribution in [0.2, 0.25) is 0 Å². The zero-order valence-corrected chi connectivity index (χ0v) is 10.1. The SMILES string of the molecule is Cc1ncc(C(CN)N2CCC(F)CC2)cn1. The molecular formula is C12H19FN4. The van der Waals surface area contributed by atoms with Gasteiger partial charge in [-0.25, -0.2) is 14.4 Å². The van der Waals surface area contributed by atoms with Gasteiger partial charge in [-0.05, 0) is 19.8 Å². The highest BCUT2D eigenvalue weighted by molar-refractivity contribution is 5.12. The maximum absolute atomic E-state index is 13.1. The van der Waals surface area contributed by atoms with E-state index >= 15 is 0 Å². The fourth-order valence-electron chi connectivity index (χ4n) is 2.25. The van der Waals surface area contributed by atoms with Crippen molar-refractivity contribution in [1.29, 1.82) is 0 Å². The van der Waals surface area contributed by atoms with Gasteiger partial charge in [0.1, 0.15) is 12.0 Å². The molecular weight excluding hydrogens is 219 g/mol. The summed E-state index contributed by atoms with van der Waals surface area (Å²) >= 11 is 0. The van der Waals surface area contributed by atoms with Gasteiger partial charge >= 0.3 is 0 Å². The van der Waals surface area contributed by atoms with E-state index in [1.54, 1.807) is 0 Å². The Bertz CT molecular complexity index is 346. The molecule has 1 unspecified atom stereocenters. The summed E-state index contributed by atoms with van der Waals surface area (Å²) in [7, 11) is 0. The van der Waals surface area contributed by atoms with Gasteiger partial charge in [0.05, 0.1) is 6.04 Å². The number of piperidine rings is 1. The van der Waals surface area contributed by atoms with Crippen molar-refractivity contribution in [3.63, 3.8) is 0 Å². The molecule has 1 aliphatic rings. The summed E-state index contributed by atoms with van der Waals surface area (Å²) < 4.78 is 13.1. The van der Waals surface area contributed by atoms with E-state index in [0.717, 1.165) is 24.5 Å². The Hall–Kier alpha value is -1.07. The van der Waals surface area contributed by atoms with Crippen LogP contribution >= 0.6 is 0 Å². The predicted octanol–water partition coefficient (Wildman–Crippen LogP) is 1.22. The van der Waals surface area contributed by atoms with Crippen molar-refractivity contribution in [3.8, 4) is 0 Å². The van der Waals surface area contributed by atoms with Crippen LogP contribution in [0.5, 0.6) is 0 Å². The van der Waals surface area contributed by atoms with Crippen LogP contribution in [0, 0.1) is 6.92 Å². The van der Waals surface area contributed by atoms with E-state index in [2.05, 4.69) is 14.9 Å². The molecule has 1 saturated heterocycles. The van der Waals surface area contributed by atoms with Crippen LogP contribution in [-0.2, 0) is 0 Å². The van der Waals surface area contributed by atoms with Crippen molar-refractivity contribution < 1.29 is 4.39 Å². The van der Waals surface area contributed by atoms with Crippen LogP contribution in [0.4, 0.5) is 4.39 Å². The van der Waals surface area contributed by atoms with Gasteiger partial charge in [0.25, 0.3) is 0 Å². The van der Waals surface area contributed by atoms with Crippen molar-refractivity contribution in [2.24, 2.45) is 5.73 Å². The predicted molar refractivity (Wildman–Crippen MR) is 64.3 cm³/mol. The number of aryl methyl sites for hydroxylation is 1. The quantitative estimate of drug-likeness (QED) is 0.860. The monoisotopic (exact) mass is 238 g/mol. The summed E-state index contributed by atoms with van der Waals surface area (Å²) in [5, 5.41) is 0. The molecule has 0 aromatic carbocycles. The van der Waals surface area contributed by atoms with Gasteiger partial charge in [0.2, 0.25) is 0 Å². The lowest BCUT2D eigenvalue weighted by Crippen LogP contribution is -2.40. The summed E-state index contributed by atoms with van der Waals surface area (Å²) in [6.45, 7) is 3.90. The molecule has 2 N–H and O–H groups in total. The third-order valence-electron chi connectivity index (χ3n) is 3.31. The first kappa shape index (κ1) is 12.4. The molecule has 1 aromatic rings. The van der Waals surface area contributed by atoms with Crippen LogP contribution in [0.15, 0.2) is 12.4 Å². The lowest BCUT2D eigenvalue weighted by atomic mass is 10.0. The first-order valence-electron chi connectivity index (χ1n) is 6.07. The molecule has 0 saturated carbocycles. The second-order valence-corrected chi connectivity index (χ2v) is 4.53. The summed E-state index contributed by atoms with van der Waals surface area (Å²) in [5.74, 6) is 0.756. The first-order chi connectivity index (χ1) is 8.20. The number of halogens is 1. The number of hydrogen-bond acceptors (Lipinski definition) is 4. The van der Waals surface area contributed by atoms with Gasteiger partial charge in [0, 0.05) is 37.6 Å². The maximum Gasteiger partial charge on any atom is 0.125 e. The smallest absolute Gasteiger partial charge is 0.125 e. The number of nitrogens with two attached hydrogens (primary N) is 1. The minimum absolute atomic E-state index is 0.114. The molecule has 0 spiro atoms. The zero-order valence-electron chi connectivity index (χ0n) is 10.1. The standard InChI is InChI=1S/C12H19FN4/c1-9-15-7-10(8-16-9)12(6-14)17-4-2-11(13)3-5-17/h7-8,11-12H,2-6,14H2,1H3. The van der Waals surface area contributed by atoms with E-state index in [4.69, 9.17) is 5.73 Å². The van der Waals surface area contributed by atoms with Gasteiger partial charge < -0.3 is 5.73 Å². The molecule has 2 heterocycles. The normalized spacial score (nSPS) is 20.4. The van der Waals surface area contributed by atoms with Crippen molar-refractivity contribution in [3.05, 3.63) is 23.8 Å². The van der Waals surface area contributed by atoms with Crippen LogP contribution in [-0.4, -0.2) is 40.7 Å². The number of nitrogens with zero attached hydrogens (tertiary/aromatic N) is 3. The Morgan fingerprint density at radius 1 is 1.41 bits per heavy atom. The van der Waals surface area contributed by atoms with Crippen molar-refractivity contribution in [2.45, 2.75) is 32.0 Å². The maximum atomic E-state index is 13.1. The van der Waals surface area contributed by atoms with E-state index in [1.807, 2.05) is 19.3 Å². The van der Waals surface area contributed by atoms with Gasteiger partial charge in [-0.15, -0.1) is 0 Å². The fraction of sp³-hybridized carbons (Fsp3) is 0.667. The van der Waals surface area contributed by atoms with Crippen LogP contribution in [0.3, 0.4) is 0 Å². The van der Waals surface area contributed by atoms with E-state index in [1.165, 1.54) is 0 Å². The Kier molecular flexibility index (Phi) is 4.02. The van der Waals surface area contributed by atoms with E-state index < -0.39 is 6.17 Å². The van der Waals surface area contributed by atoms with Crippen LogP contribution < -0.4 is 5.73 Å². The van der Waals surface area contributed by atoms with Gasteiger partial charge in [-0.1, -0.05) is 0 Å². The van der Waals surface area contributed by atoms with Crippen LogP contribution in [0.1, 0.15) is 30.3 Å². The summed E-state index contributed by atoms with van der Waals surface area (Å²) in [6, 6.07) is 0.114. The van der Waals surface area contributed by atoms with Crippen molar-refractivity contribution in [2.75, 3.05) is 19.6 Å². The molecule has 1 aromatic heterocycles. The van der Waals surface area contributed by atoms with Crippen molar-refractivity contribution >= 4 is 0 Å². The van der Waals surface area contributed by atoms with E-state index in [-0.39, 0.29) is 6.04 Å². The molecule has 4 nitrogen and oxygen atoms in total. The lowest BCUT2D eigenvalue weighted by molar-refractivity contribution is 0.113. The molecule has 94 valence electrons. The highest BCUT2D eigenvalue weighted by Crippen LogP contribution is 2.24. The molecule has 1 fully saturated rings. The van der Waals surface area contributed by atoms with Gasteiger partial charge in [0.15, 0.2) is 0 Å². The minimum Gasteiger partial charge on any atom is -0.329 e. The third kappa shape index (κ3) is 2.98. The molecule has 0 aliphatic carbocycles. The third-order valence-corrected chi connectivity index (χ3v) is 3.31. The van der Waals surface area contributed by atoms with Gasteiger partial charge in [-0.2, -0.15) is 0 Å². The van der Waals surface area contributed by atoms with Gasteiger partial charge in [-0.3, -0.25) is 4.90 Å². The lowest BCUT2D eigenvalue weighted by Gasteiger charge is -2.34. The average Bonchev–Trinajstić information content (AvgIpc) is 2.35. The van der Waals surface area contributed by atoms with E-state index in [9.17, 15) is 4.39 Å². The van der Waals surface area contributed by atoms with E-state index in [0.29, 0.717) is 19.4 Å². The molecule has 2 rings (SSSR count). The number of alkyl halides is 1. The van der Waals surface area contributed by atoms with Crippen molar-refractivity contribution in [1.82, 2.24) is 14.9 Å². The molecule has 1 atom stereocenters.